The maximum absolute atomic E-state index is 12.7. The normalized spacial score (nSPS) is 17.2. The van der Waals surface area contributed by atoms with Gasteiger partial charge in [0.05, 0.1) is 24.3 Å². The summed E-state index contributed by atoms with van der Waals surface area (Å²) in [4.78, 5) is 16.2. The Morgan fingerprint density at radius 2 is 2.15 bits per heavy atom. The summed E-state index contributed by atoms with van der Waals surface area (Å²) in [6.07, 6.45) is -2.67. The van der Waals surface area contributed by atoms with Crippen molar-refractivity contribution in [1.29, 1.82) is 0 Å². The molecule has 1 aromatic heterocycles. The molecular weight excluding hydrogens is 373 g/mol. The summed E-state index contributed by atoms with van der Waals surface area (Å²) in [6, 6.07) is 5.70. The highest BCUT2D eigenvalue weighted by Crippen LogP contribution is 2.31. The summed E-state index contributed by atoms with van der Waals surface area (Å²) < 4.78 is 49.0. The zero-order chi connectivity index (χ0) is 18.7. The second-order valence-electron chi connectivity index (χ2n) is 5.65. The van der Waals surface area contributed by atoms with Gasteiger partial charge < -0.3 is 14.8 Å². The quantitative estimate of drug-likeness (QED) is 0.856. The van der Waals surface area contributed by atoms with E-state index >= 15 is 0 Å². The summed E-state index contributed by atoms with van der Waals surface area (Å²) in [7, 11) is 0. The fourth-order valence-corrected chi connectivity index (χ4v) is 2.59. The van der Waals surface area contributed by atoms with Crippen molar-refractivity contribution >= 4 is 23.2 Å². The maximum atomic E-state index is 12.7. The third-order valence-corrected chi connectivity index (χ3v) is 3.95. The number of aromatic nitrogens is 1. The van der Waals surface area contributed by atoms with Gasteiger partial charge in [0.2, 0.25) is 5.88 Å². The first kappa shape index (κ1) is 18.5. The van der Waals surface area contributed by atoms with Crippen molar-refractivity contribution in [3.8, 4) is 5.88 Å². The zero-order valence-corrected chi connectivity index (χ0v) is 14.1. The first-order valence-electron chi connectivity index (χ1n) is 7.71. The highest BCUT2D eigenvalue weighted by atomic mass is 35.5. The summed E-state index contributed by atoms with van der Waals surface area (Å²) in [5.41, 5.74) is -0.735. The average Bonchev–Trinajstić information content (AvgIpc) is 3.09. The highest BCUT2D eigenvalue weighted by Gasteiger charge is 2.30. The number of alkyl halides is 3. The number of amides is 1. The van der Waals surface area contributed by atoms with E-state index in [1.165, 1.54) is 24.4 Å². The molecular formula is C17H14ClF3N2O3. The third-order valence-electron chi connectivity index (χ3n) is 3.68. The molecule has 0 bridgehead atoms. The van der Waals surface area contributed by atoms with Crippen LogP contribution in [0.1, 0.15) is 22.3 Å². The van der Waals surface area contributed by atoms with Crippen LogP contribution in [0.2, 0.25) is 5.02 Å². The van der Waals surface area contributed by atoms with Crippen LogP contribution in [0.15, 0.2) is 36.5 Å². The monoisotopic (exact) mass is 386 g/mol. The van der Waals surface area contributed by atoms with Crippen molar-refractivity contribution < 1.29 is 27.4 Å². The van der Waals surface area contributed by atoms with E-state index in [1.807, 2.05) is 0 Å². The van der Waals surface area contributed by atoms with Gasteiger partial charge >= 0.3 is 6.18 Å². The first-order valence-corrected chi connectivity index (χ1v) is 8.09. The molecule has 0 spiro atoms. The van der Waals surface area contributed by atoms with E-state index in [1.54, 1.807) is 0 Å². The Bertz CT molecular complexity index is 808. The molecule has 1 aromatic carbocycles. The minimum Gasteiger partial charge on any atom is -0.471 e. The molecule has 0 saturated carbocycles. The van der Waals surface area contributed by atoms with Crippen LogP contribution in [0.25, 0.3) is 0 Å². The number of halogens is 4. The number of nitrogens with one attached hydrogen (secondary N) is 1. The Morgan fingerprint density at radius 1 is 1.35 bits per heavy atom. The number of anilines is 1. The Labute approximate surface area is 152 Å². The number of nitrogens with zero attached hydrogens (tertiary/aromatic N) is 1. The average molecular weight is 387 g/mol. The largest absolute Gasteiger partial charge is 0.471 e. The Hall–Kier alpha value is -2.32. The molecule has 5 nitrogen and oxygen atoms in total. The molecule has 2 aromatic rings. The minimum absolute atomic E-state index is 0.0179. The van der Waals surface area contributed by atoms with Crippen molar-refractivity contribution in [2.24, 2.45) is 0 Å². The number of pyridine rings is 1. The van der Waals surface area contributed by atoms with E-state index in [0.29, 0.717) is 13.2 Å². The van der Waals surface area contributed by atoms with Crippen molar-refractivity contribution in [2.75, 3.05) is 18.5 Å². The molecule has 1 aliphatic rings. The Morgan fingerprint density at radius 3 is 2.81 bits per heavy atom. The third kappa shape index (κ3) is 4.44. The first-order chi connectivity index (χ1) is 12.3. The van der Waals surface area contributed by atoms with Crippen molar-refractivity contribution in [3.05, 3.63) is 52.7 Å². The summed E-state index contributed by atoms with van der Waals surface area (Å²) >= 11 is 6.08. The minimum atomic E-state index is -4.49. The van der Waals surface area contributed by atoms with Crippen LogP contribution in [-0.2, 0) is 10.9 Å². The molecule has 0 radical (unpaired) electrons. The number of benzene rings is 1. The van der Waals surface area contributed by atoms with Gasteiger partial charge in [-0.3, -0.25) is 4.79 Å². The van der Waals surface area contributed by atoms with E-state index in [0.717, 1.165) is 18.6 Å². The number of ether oxygens (including phenoxy) is 2. The Balaban J connectivity index is 1.71. The second kappa shape index (κ2) is 7.51. The highest BCUT2D eigenvalue weighted by molar-refractivity contribution is 6.32. The molecule has 1 unspecified atom stereocenters. The molecule has 26 heavy (non-hydrogen) atoms. The van der Waals surface area contributed by atoms with Crippen LogP contribution >= 0.6 is 11.6 Å². The molecule has 1 saturated heterocycles. The molecule has 2 heterocycles. The van der Waals surface area contributed by atoms with Gasteiger partial charge in [0.1, 0.15) is 11.1 Å². The van der Waals surface area contributed by atoms with Crippen LogP contribution in [0.4, 0.5) is 18.9 Å². The van der Waals surface area contributed by atoms with Crippen LogP contribution in [0, 0.1) is 0 Å². The number of hydrogen-bond donors (Lipinski definition) is 1. The fraction of sp³-hybridized carbons (Fsp3) is 0.294. The van der Waals surface area contributed by atoms with Crippen LogP contribution in [0.5, 0.6) is 5.88 Å². The molecule has 3 rings (SSSR count). The molecule has 1 amide bonds. The van der Waals surface area contributed by atoms with Crippen LogP contribution in [0.3, 0.4) is 0 Å². The number of hydrogen-bond acceptors (Lipinski definition) is 4. The van der Waals surface area contributed by atoms with Crippen molar-refractivity contribution in [3.63, 3.8) is 0 Å². The fourth-order valence-electron chi connectivity index (χ4n) is 2.38. The smallest absolute Gasteiger partial charge is 0.416 e. The summed E-state index contributed by atoms with van der Waals surface area (Å²) in [6.45, 7) is 1.04. The molecule has 0 aliphatic carbocycles. The Kier molecular flexibility index (Phi) is 5.33. The van der Waals surface area contributed by atoms with Crippen LogP contribution in [-0.4, -0.2) is 30.2 Å². The molecule has 1 N–H and O–H groups in total. The second-order valence-corrected chi connectivity index (χ2v) is 6.05. The number of carbonyl (C=O) groups is 1. The van der Waals surface area contributed by atoms with Crippen molar-refractivity contribution in [1.82, 2.24) is 4.98 Å². The molecule has 138 valence electrons. The van der Waals surface area contributed by atoms with Crippen molar-refractivity contribution in [2.45, 2.75) is 18.7 Å². The summed E-state index contributed by atoms with van der Waals surface area (Å²) in [5, 5.41) is 2.53. The predicted molar refractivity (Wildman–Crippen MR) is 88.5 cm³/mol. The zero-order valence-electron chi connectivity index (χ0n) is 13.3. The van der Waals surface area contributed by atoms with E-state index in [9.17, 15) is 18.0 Å². The van der Waals surface area contributed by atoms with E-state index < -0.39 is 17.6 Å². The van der Waals surface area contributed by atoms with Gasteiger partial charge in [0.15, 0.2) is 0 Å². The summed E-state index contributed by atoms with van der Waals surface area (Å²) in [5.74, 6) is -0.452. The number of rotatable bonds is 4. The molecule has 1 fully saturated rings. The van der Waals surface area contributed by atoms with Gasteiger partial charge in [0, 0.05) is 18.3 Å². The molecule has 9 heteroatoms. The van der Waals surface area contributed by atoms with E-state index in [-0.39, 0.29) is 28.3 Å². The van der Waals surface area contributed by atoms with E-state index in [2.05, 4.69) is 10.3 Å². The number of carbonyl (C=O) groups excluding carboxylic acids is 1. The predicted octanol–water partition coefficient (Wildman–Crippen LogP) is 4.17. The molecule has 1 aliphatic heterocycles. The standard InChI is InChI=1S/C17H14ClF3N2O3/c18-14-6-10(8-22-16(14)26-13-4-5-25-9-13)15(24)23-12-3-1-2-11(7-12)17(19,20)21/h1-3,6-8,13H,4-5,9H2,(H,23,24). The topological polar surface area (TPSA) is 60.5 Å². The lowest BCUT2D eigenvalue weighted by Gasteiger charge is -2.13. The van der Waals surface area contributed by atoms with Gasteiger partial charge in [-0.1, -0.05) is 17.7 Å². The van der Waals surface area contributed by atoms with Crippen LogP contribution < -0.4 is 10.1 Å². The van der Waals surface area contributed by atoms with Gasteiger partial charge in [-0.25, -0.2) is 4.98 Å². The van der Waals surface area contributed by atoms with Gasteiger partial charge in [0.25, 0.3) is 5.91 Å². The van der Waals surface area contributed by atoms with E-state index in [4.69, 9.17) is 21.1 Å². The van der Waals surface area contributed by atoms with Gasteiger partial charge in [-0.05, 0) is 24.3 Å². The maximum Gasteiger partial charge on any atom is 0.416 e. The van der Waals surface area contributed by atoms with Gasteiger partial charge in [-0.15, -0.1) is 0 Å². The molecule has 1 atom stereocenters. The van der Waals surface area contributed by atoms with Gasteiger partial charge in [-0.2, -0.15) is 13.2 Å². The SMILES string of the molecule is O=C(Nc1cccc(C(F)(F)F)c1)c1cnc(OC2CCOC2)c(Cl)c1. The lowest BCUT2D eigenvalue weighted by Crippen LogP contribution is -2.17. The lowest BCUT2D eigenvalue weighted by molar-refractivity contribution is -0.137. The lowest BCUT2D eigenvalue weighted by atomic mass is 10.2.